The lowest BCUT2D eigenvalue weighted by Crippen LogP contribution is -2.51. The highest BCUT2D eigenvalue weighted by molar-refractivity contribution is 9.10. The molecule has 2 fully saturated rings. The predicted octanol–water partition coefficient (Wildman–Crippen LogP) is 2.85. The molecule has 2 aliphatic rings. The maximum Gasteiger partial charge on any atom is 0.228 e. The number of carbonyl (C=O) groups excluding carboxylic acids is 2. The van der Waals surface area contributed by atoms with Gasteiger partial charge in [-0.05, 0) is 42.8 Å². The van der Waals surface area contributed by atoms with E-state index in [-0.39, 0.29) is 24.2 Å². The van der Waals surface area contributed by atoms with Gasteiger partial charge in [0.15, 0.2) is 0 Å². The van der Waals surface area contributed by atoms with Crippen molar-refractivity contribution in [3.05, 3.63) is 52.6 Å². The summed E-state index contributed by atoms with van der Waals surface area (Å²) in [5.41, 5.74) is 1.94. The summed E-state index contributed by atoms with van der Waals surface area (Å²) in [6, 6.07) is 11.7. The summed E-state index contributed by atoms with van der Waals surface area (Å²) in [7, 11) is 0. The Kier molecular flexibility index (Phi) is 5.35. The van der Waals surface area contributed by atoms with Gasteiger partial charge in [-0.2, -0.15) is 0 Å². The van der Waals surface area contributed by atoms with Crippen LogP contribution in [-0.4, -0.2) is 54.4 Å². The second kappa shape index (κ2) is 7.91. The summed E-state index contributed by atoms with van der Waals surface area (Å²) in [5.74, 6) is 0.790. The van der Waals surface area contributed by atoms with Gasteiger partial charge in [-0.1, -0.05) is 22.0 Å². The molecule has 0 N–H and O–H groups in total. The van der Waals surface area contributed by atoms with Crippen LogP contribution in [-0.2, 0) is 9.59 Å². The van der Waals surface area contributed by atoms with Crippen LogP contribution >= 0.6 is 15.9 Å². The monoisotopic (exact) mass is 442 g/mol. The Bertz CT molecular complexity index is 881. The zero-order valence-corrected chi connectivity index (χ0v) is 17.4. The molecule has 7 heteroatoms. The fourth-order valence-corrected chi connectivity index (χ4v) is 4.12. The van der Waals surface area contributed by atoms with E-state index in [9.17, 15) is 9.59 Å². The Balaban J connectivity index is 1.38. The van der Waals surface area contributed by atoms with E-state index < -0.39 is 0 Å². The minimum Gasteiger partial charge on any atom is -0.353 e. The highest BCUT2D eigenvalue weighted by Gasteiger charge is 2.38. The standard InChI is InChI=1S/C21H23BrN4O2/c1-15-12-17(5-6-18(15)22)26-14-16(13-20(26)27)21(28)25-10-8-24(9-11-25)19-4-2-3-7-23-19/h2-7,12,16H,8-11,13-14H2,1H3. The van der Waals surface area contributed by atoms with Crippen molar-refractivity contribution >= 4 is 39.2 Å². The van der Waals surface area contributed by atoms with Gasteiger partial charge < -0.3 is 14.7 Å². The zero-order valence-electron chi connectivity index (χ0n) is 15.8. The van der Waals surface area contributed by atoms with Gasteiger partial charge in [0.25, 0.3) is 0 Å². The van der Waals surface area contributed by atoms with Crippen LogP contribution in [0.4, 0.5) is 11.5 Å². The zero-order chi connectivity index (χ0) is 19.7. The summed E-state index contributed by atoms with van der Waals surface area (Å²) in [5, 5.41) is 0. The van der Waals surface area contributed by atoms with Crippen LogP contribution in [0, 0.1) is 12.8 Å². The maximum atomic E-state index is 13.0. The number of nitrogens with zero attached hydrogens (tertiary/aromatic N) is 4. The average molecular weight is 443 g/mol. The first-order valence-corrected chi connectivity index (χ1v) is 10.3. The molecule has 0 bridgehead atoms. The molecule has 2 amide bonds. The first kappa shape index (κ1) is 18.9. The lowest BCUT2D eigenvalue weighted by Gasteiger charge is -2.36. The van der Waals surface area contributed by atoms with Crippen molar-refractivity contribution in [3.63, 3.8) is 0 Å². The van der Waals surface area contributed by atoms with Crippen molar-refractivity contribution in [3.8, 4) is 0 Å². The third-order valence-electron chi connectivity index (χ3n) is 5.49. The Labute approximate surface area is 173 Å². The van der Waals surface area contributed by atoms with Crippen LogP contribution in [0.5, 0.6) is 0 Å². The second-order valence-corrected chi connectivity index (χ2v) is 8.19. The third-order valence-corrected chi connectivity index (χ3v) is 6.38. The van der Waals surface area contributed by atoms with E-state index in [0.29, 0.717) is 19.6 Å². The number of pyridine rings is 1. The van der Waals surface area contributed by atoms with Crippen molar-refractivity contribution < 1.29 is 9.59 Å². The van der Waals surface area contributed by atoms with Gasteiger partial charge in [0.2, 0.25) is 11.8 Å². The largest absolute Gasteiger partial charge is 0.353 e. The van der Waals surface area contributed by atoms with Gasteiger partial charge in [-0.3, -0.25) is 9.59 Å². The maximum absolute atomic E-state index is 13.0. The fourth-order valence-electron chi connectivity index (χ4n) is 3.87. The van der Waals surface area contributed by atoms with E-state index >= 15 is 0 Å². The van der Waals surface area contributed by atoms with E-state index in [1.807, 2.05) is 48.2 Å². The molecule has 28 heavy (non-hydrogen) atoms. The van der Waals surface area contributed by atoms with Crippen LogP contribution in [0.15, 0.2) is 47.1 Å². The van der Waals surface area contributed by atoms with Gasteiger partial charge in [0, 0.05) is 55.5 Å². The Hall–Kier alpha value is -2.41. The molecule has 2 saturated heterocycles. The minimum absolute atomic E-state index is 0.0205. The molecular formula is C21H23BrN4O2. The molecule has 0 saturated carbocycles. The number of hydrogen-bond acceptors (Lipinski definition) is 4. The highest BCUT2D eigenvalue weighted by atomic mass is 79.9. The molecule has 3 heterocycles. The van der Waals surface area contributed by atoms with Crippen molar-refractivity contribution in [1.82, 2.24) is 9.88 Å². The summed E-state index contributed by atoms with van der Waals surface area (Å²) < 4.78 is 1.02. The second-order valence-electron chi connectivity index (χ2n) is 7.34. The van der Waals surface area contributed by atoms with Gasteiger partial charge in [0.05, 0.1) is 5.92 Å². The SMILES string of the molecule is Cc1cc(N2CC(C(=O)N3CCN(c4ccccn4)CC3)CC2=O)ccc1Br. The van der Waals surface area contributed by atoms with Crippen LogP contribution in [0.25, 0.3) is 0 Å². The van der Waals surface area contributed by atoms with Crippen LogP contribution in [0.3, 0.4) is 0 Å². The molecule has 0 aliphatic carbocycles. The summed E-state index contributed by atoms with van der Waals surface area (Å²) in [4.78, 5) is 35.7. The summed E-state index contributed by atoms with van der Waals surface area (Å²) in [6.45, 7) is 5.31. The van der Waals surface area contributed by atoms with Gasteiger partial charge in [-0.25, -0.2) is 4.98 Å². The Morgan fingerprint density at radius 2 is 1.93 bits per heavy atom. The number of anilines is 2. The van der Waals surface area contributed by atoms with Gasteiger partial charge in [0.1, 0.15) is 5.82 Å². The number of halogens is 1. The topological polar surface area (TPSA) is 56.8 Å². The molecule has 1 unspecified atom stereocenters. The highest BCUT2D eigenvalue weighted by Crippen LogP contribution is 2.29. The number of piperazine rings is 1. The molecule has 6 nitrogen and oxygen atoms in total. The smallest absolute Gasteiger partial charge is 0.228 e. The minimum atomic E-state index is -0.266. The molecule has 0 radical (unpaired) electrons. The average Bonchev–Trinajstić information content (AvgIpc) is 3.12. The first-order valence-electron chi connectivity index (χ1n) is 9.54. The van der Waals surface area contributed by atoms with Gasteiger partial charge in [-0.15, -0.1) is 0 Å². The van der Waals surface area contributed by atoms with E-state index in [2.05, 4.69) is 25.8 Å². The molecule has 0 spiro atoms. The summed E-state index contributed by atoms with van der Waals surface area (Å²) in [6.07, 6.45) is 2.07. The van der Waals surface area contributed by atoms with Crippen molar-refractivity contribution in [2.45, 2.75) is 13.3 Å². The fraction of sp³-hybridized carbons (Fsp3) is 0.381. The van der Waals surface area contributed by atoms with E-state index in [1.54, 1.807) is 11.1 Å². The number of carbonyl (C=O) groups is 2. The number of amides is 2. The quantitative estimate of drug-likeness (QED) is 0.732. The third kappa shape index (κ3) is 3.76. The normalized spacial score (nSPS) is 20.0. The predicted molar refractivity (Wildman–Crippen MR) is 112 cm³/mol. The van der Waals surface area contributed by atoms with Gasteiger partial charge >= 0.3 is 0 Å². The molecule has 1 aromatic heterocycles. The lowest BCUT2D eigenvalue weighted by molar-refractivity contribution is -0.136. The van der Waals surface area contributed by atoms with Crippen molar-refractivity contribution in [1.29, 1.82) is 0 Å². The van der Waals surface area contributed by atoms with E-state index in [1.165, 1.54) is 0 Å². The van der Waals surface area contributed by atoms with Crippen LogP contribution in [0.1, 0.15) is 12.0 Å². The molecular weight excluding hydrogens is 420 g/mol. The Morgan fingerprint density at radius 3 is 2.61 bits per heavy atom. The molecule has 2 aromatic rings. The van der Waals surface area contributed by atoms with E-state index in [0.717, 1.165) is 34.6 Å². The molecule has 146 valence electrons. The lowest BCUT2D eigenvalue weighted by atomic mass is 10.1. The number of benzene rings is 1. The van der Waals surface area contributed by atoms with Crippen LogP contribution in [0.2, 0.25) is 0 Å². The first-order chi connectivity index (χ1) is 13.5. The number of hydrogen-bond donors (Lipinski definition) is 0. The molecule has 4 rings (SSSR count). The Morgan fingerprint density at radius 1 is 1.14 bits per heavy atom. The summed E-state index contributed by atoms with van der Waals surface area (Å²) >= 11 is 3.49. The van der Waals surface area contributed by atoms with Crippen molar-refractivity contribution in [2.24, 2.45) is 5.92 Å². The van der Waals surface area contributed by atoms with Crippen LogP contribution < -0.4 is 9.80 Å². The van der Waals surface area contributed by atoms with E-state index in [4.69, 9.17) is 0 Å². The molecule has 1 aromatic carbocycles. The number of aryl methyl sites for hydroxylation is 1. The molecule has 2 aliphatic heterocycles. The number of aromatic nitrogens is 1. The number of rotatable bonds is 3. The van der Waals surface area contributed by atoms with Crippen molar-refractivity contribution in [2.75, 3.05) is 42.5 Å². The molecule has 1 atom stereocenters.